The largest absolute Gasteiger partial charge is 0.497 e. The molecule has 16 heavy (non-hydrogen) atoms. The Kier molecular flexibility index (Phi) is 4.49. The zero-order chi connectivity index (χ0) is 12.1. The zero-order valence-electron chi connectivity index (χ0n) is 8.95. The van der Waals surface area contributed by atoms with Crippen molar-refractivity contribution in [2.45, 2.75) is 6.92 Å². The van der Waals surface area contributed by atoms with Crippen LogP contribution in [0.4, 0.5) is 0 Å². The Hall–Kier alpha value is -1.36. The fraction of sp³-hybridized carbons (Fsp3) is 0.273. The molecule has 0 aliphatic carbocycles. The Bertz CT molecular complexity index is 414. The second kappa shape index (κ2) is 5.65. The fourth-order valence-corrected chi connectivity index (χ4v) is 1.60. The van der Waals surface area contributed by atoms with Crippen LogP contribution in [0.2, 0.25) is 0 Å². The highest BCUT2D eigenvalue weighted by molar-refractivity contribution is 9.10. The van der Waals surface area contributed by atoms with Gasteiger partial charge in [-0.1, -0.05) is 15.9 Å². The number of halogens is 1. The molecule has 86 valence electrons. The van der Waals surface area contributed by atoms with Crippen LogP contribution in [0.25, 0.3) is 0 Å². The van der Waals surface area contributed by atoms with E-state index in [1.807, 2.05) is 0 Å². The van der Waals surface area contributed by atoms with Gasteiger partial charge in [0.1, 0.15) is 5.75 Å². The summed E-state index contributed by atoms with van der Waals surface area (Å²) in [6.07, 6.45) is 0. The van der Waals surface area contributed by atoms with Crippen LogP contribution < -0.4 is 4.74 Å². The number of ketones is 1. The van der Waals surface area contributed by atoms with Crippen LogP contribution in [0.5, 0.6) is 5.75 Å². The Balaban J connectivity index is 2.99. The van der Waals surface area contributed by atoms with Gasteiger partial charge in [0.05, 0.1) is 13.7 Å². The molecule has 0 fully saturated rings. The number of methoxy groups -OCH3 is 1. The van der Waals surface area contributed by atoms with Gasteiger partial charge < -0.3 is 9.47 Å². The van der Waals surface area contributed by atoms with E-state index in [-0.39, 0.29) is 12.2 Å². The predicted molar refractivity (Wildman–Crippen MR) is 61.7 cm³/mol. The molecular weight excluding hydrogens is 276 g/mol. The van der Waals surface area contributed by atoms with Gasteiger partial charge in [0.25, 0.3) is 5.78 Å². The minimum atomic E-state index is -0.859. The number of hydrogen-bond donors (Lipinski definition) is 0. The van der Waals surface area contributed by atoms with E-state index in [0.717, 1.165) is 0 Å². The highest BCUT2D eigenvalue weighted by Crippen LogP contribution is 2.21. The Morgan fingerprint density at radius 2 is 2.00 bits per heavy atom. The van der Waals surface area contributed by atoms with E-state index < -0.39 is 11.8 Å². The van der Waals surface area contributed by atoms with Crippen LogP contribution in [0.1, 0.15) is 17.3 Å². The van der Waals surface area contributed by atoms with Crippen molar-refractivity contribution >= 4 is 27.7 Å². The molecule has 0 N–H and O–H groups in total. The third-order valence-electron chi connectivity index (χ3n) is 1.83. The molecule has 0 spiro atoms. The SMILES string of the molecule is CCOC(=O)C(=O)c1cc(Br)cc(OC)c1. The quantitative estimate of drug-likeness (QED) is 0.484. The van der Waals surface area contributed by atoms with Crippen LogP contribution in [0.15, 0.2) is 22.7 Å². The highest BCUT2D eigenvalue weighted by atomic mass is 79.9. The van der Waals surface area contributed by atoms with Crippen LogP contribution in [-0.2, 0) is 9.53 Å². The van der Waals surface area contributed by atoms with Gasteiger partial charge in [-0.25, -0.2) is 4.79 Å². The average Bonchev–Trinajstić information content (AvgIpc) is 2.27. The van der Waals surface area contributed by atoms with Crippen LogP contribution in [0, 0.1) is 0 Å². The second-order valence-electron chi connectivity index (χ2n) is 2.93. The summed E-state index contributed by atoms with van der Waals surface area (Å²) in [6, 6.07) is 4.73. The lowest BCUT2D eigenvalue weighted by atomic mass is 10.1. The van der Waals surface area contributed by atoms with Crippen molar-refractivity contribution in [2.24, 2.45) is 0 Å². The topological polar surface area (TPSA) is 52.6 Å². The average molecular weight is 287 g/mol. The Morgan fingerprint density at radius 1 is 1.31 bits per heavy atom. The van der Waals surface area contributed by atoms with Crippen molar-refractivity contribution in [1.82, 2.24) is 0 Å². The molecular formula is C11H11BrO4. The summed E-state index contributed by atoms with van der Waals surface area (Å²) in [4.78, 5) is 22.8. The van der Waals surface area contributed by atoms with Gasteiger partial charge >= 0.3 is 5.97 Å². The lowest BCUT2D eigenvalue weighted by molar-refractivity contribution is -0.137. The molecule has 5 heteroatoms. The van der Waals surface area contributed by atoms with Crippen molar-refractivity contribution in [3.05, 3.63) is 28.2 Å². The molecule has 0 unspecified atom stereocenters. The standard InChI is InChI=1S/C11H11BrO4/c1-3-16-11(14)10(13)7-4-8(12)6-9(5-7)15-2/h4-6H,3H2,1-2H3. The summed E-state index contributed by atoms with van der Waals surface area (Å²) in [5, 5.41) is 0. The van der Waals surface area contributed by atoms with Gasteiger partial charge in [0.15, 0.2) is 0 Å². The van der Waals surface area contributed by atoms with E-state index in [0.29, 0.717) is 10.2 Å². The van der Waals surface area contributed by atoms with Crippen molar-refractivity contribution < 1.29 is 19.1 Å². The van der Waals surface area contributed by atoms with Gasteiger partial charge in [-0.2, -0.15) is 0 Å². The molecule has 0 atom stereocenters. The molecule has 1 aromatic carbocycles. The maximum Gasteiger partial charge on any atom is 0.379 e. The van der Waals surface area contributed by atoms with E-state index >= 15 is 0 Å². The maximum atomic E-state index is 11.6. The summed E-state index contributed by atoms with van der Waals surface area (Å²) in [6.45, 7) is 1.82. The van der Waals surface area contributed by atoms with Crippen LogP contribution in [-0.4, -0.2) is 25.5 Å². The minimum absolute atomic E-state index is 0.176. The molecule has 1 rings (SSSR count). The molecule has 1 aromatic rings. The van der Waals surface area contributed by atoms with Gasteiger partial charge in [0.2, 0.25) is 0 Å². The number of esters is 1. The van der Waals surface area contributed by atoms with Crippen LogP contribution in [0.3, 0.4) is 0 Å². The fourth-order valence-electron chi connectivity index (χ4n) is 1.13. The molecule has 0 saturated carbocycles. The molecule has 0 aliphatic heterocycles. The predicted octanol–water partition coefficient (Wildman–Crippen LogP) is 2.20. The molecule has 0 saturated heterocycles. The summed E-state index contributed by atoms with van der Waals surface area (Å²) in [5.74, 6) is -1.04. The number of ether oxygens (including phenoxy) is 2. The zero-order valence-corrected chi connectivity index (χ0v) is 10.5. The van der Waals surface area contributed by atoms with E-state index in [9.17, 15) is 9.59 Å². The van der Waals surface area contributed by atoms with Gasteiger partial charge in [-0.3, -0.25) is 4.79 Å². The normalized spacial score (nSPS) is 9.69. The summed E-state index contributed by atoms with van der Waals surface area (Å²) in [5.41, 5.74) is 0.240. The van der Waals surface area contributed by atoms with E-state index in [4.69, 9.17) is 4.74 Å². The number of hydrogen-bond acceptors (Lipinski definition) is 4. The molecule has 0 radical (unpaired) electrons. The molecule has 4 nitrogen and oxygen atoms in total. The smallest absolute Gasteiger partial charge is 0.379 e. The van der Waals surface area contributed by atoms with Crippen molar-refractivity contribution in [1.29, 1.82) is 0 Å². The summed E-state index contributed by atoms with van der Waals surface area (Å²) in [7, 11) is 1.49. The third kappa shape index (κ3) is 3.06. The monoisotopic (exact) mass is 286 g/mol. The van der Waals surface area contributed by atoms with Crippen LogP contribution >= 0.6 is 15.9 Å². The van der Waals surface area contributed by atoms with Crippen molar-refractivity contribution in [2.75, 3.05) is 13.7 Å². The number of carbonyl (C=O) groups is 2. The molecule has 0 aromatic heterocycles. The van der Waals surface area contributed by atoms with Gasteiger partial charge in [0, 0.05) is 10.0 Å². The maximum absolute atomic E-state index is 11.6. The van der Waals surface area contributed by atoms with E-state index in [2.05, 4.69) is 20.7 Å². The molecule has 0 bridgehead atoms. The van der Waals surface area contributed by atoms with Gasteiger partial charge in [-0.05, 0) is 25.1 Å². The Morgan fingerprint density at radius 3 is 2.56 bits per heavy atom. The third-order valence-corrected chi connectivity index (χ3v) is 2.29. The number of benzene rings is 1. The van der Waals surface area contributed by atoms with Crippen molar-refractivity contribution in [3.8, 4) is 5.75 Å². The number of rotatable bonds is 4. The first-order valence-electron chi connectivity index (χ1n) is 4.64. The molecule has 0 amide bonds. The Labute approximate surface area is 102 Å². The summed E-state index contributed by atoms with van der Waals surface area (Å²) < 4.78 is 10.3. The first kappa shape index (κ1) is 12.7. The number of Topliss-reactive ketones (excluding diaryl/α,β-unsaturated/α-hetero) is 1. The molecule has 0 aliphatic rings. The number of carbonyl (C=O) groups excluding carboxylic acids is 2. The summed E-state index contributed by atoms with van der Waals surface area (Å²) >= 11 is 3.23. The van der Waals surface area contributed by atoms with Gasteiger partial charge in [-0.15, -0.1) is 0 Å². The minimum Gasteiger partial charge on any atom is -0.497 e. The lowest BCUT2D eigenvalue weighted by Crippen LogP contribution is -2.17. The first-order chi connectivity index (χ1) is 7.58. The second-order valence-corrected chi connectivity index (χ2v) is 3.85. The highest BCUT2D eigenvalue weighted by Gasteiger charge is 2.18. The molecule has 0 heterocycles. The lowest BCUT2D eigenvalue weighted by Gasteiger charge is -2.04. The van der Waals surface area contributed by atoms with Crippen molar-refractivity contribution in [3.63, 3.8) is 0 Å². The van der Waals surface area contributed by atoms with E-state index in [1.54, 1.807) is 19.1 Å². The first-order valence-corrected chi connectivity index (χ1v) is 5.43. The van der Waals surface area contributed by atoms with E-state index in [1.165, 1.54) is 13.2 Å².